The minimum Gasteiger partial charge on any atom is -0.325 e. The summed E-state index contributed by atoms with van der Waals surface area (Å²) >= 11 is 1.82. The van der Waals surface area contributed by atoms with E-state index in [-0.39, 0.29) is 10.8 Å². The summed E-state index contributed by atoms with van der Waals surface area (Å²) in [4.78, 5) is 16.8. The lowest BCUT2D eigenvalue weighted by Crippen LogP contribution is -2.41. The lowest BCUT2D eigenvalue weighted by atomic mass is 9.96. The molecule has 1 aromatic carbocycles. The molecule has 2 heterocycles. The lowest BCUT2D eigenvalue weighted by Gasteiger charge is -2.35. The fourth-order valence-corrected chi connectivity index (χ4v) is 6.79. The van der Waals surface area contributed by atoms with Gasteiger partial charge < -0.3 is 5.32 Å². The van der Waals surface area contributed by atoms with Gasteiger partial charge in [-0.25, -0.2) is 8.42 Å². The Morgan fingerprint density at radius 1 is 1.23 bits per heavy atom. The third-order valence-electron chi connectivity index (χ3n) is 5.99. The van der Waals surface area contributed by atoms with Crippen LogP contribution in [0.1, 0.15) is 43.2 Å². The fraction of sp³-hybridized carbons (Fsp3) is 0.500. The lowest BCUT2D eigenvalue weighted by molar-refractivity contribution is -0.118. The van der Waals surface area contributed by atoms with E-state index in [4.69, 9.17) is 0 Å². The highest BCUT2D eigenvalue weighted by Crippen LogP contribution is 2.48. The van der Waals surface area contributed by atoms with Crippen LogP contribution in [0.15, 0.2) is 40.6 Å². The SMILES string of the molecule is CCN(CC)S(=O)(=O)c1cccc(NC(=O)CN2CCc3sccc3[C@H]2C2CC2)c1. The second-order valence-electron chi connectivity index (χ2n) is 7.97. The van der Waals surface area contributed by atoms with E-state index in [0.717, 1.165) is 13.0 Å². The predicted molar refractivity (Wildman–Crippen MR) is 120 cm³/mol. The van der Waals surface area contributed by atoms with E-state index in [0.29, 0.717) is 37.3 Å². The Balaban J connectivity index is 1.46. The van der Waals surface area contributed by atoms with Crippen LogP contribution in [-0.2, 0) is 21.2 Å². The summed E-state index contributed by atoms with van der Waals surface area (Å²) in [5.74, 6) is 0.547. The summed E-state index contributed by atoms with van der Waals surface area (Å²) in [5.41, 5.74) is 1.92. The van der Waals surface area contributed by atoms with E-state index in [2.05, 4.69) is 21.7 Å². The van der Waals surface area contributed by atoms with Gasteiger partial charge in [-0.3, -0.25) is 9.69 Å². The van der Waals surface area contributed by atoms with Gasteiger partial charge in [-0.2, -0.15) is 4.31 Å². The molecule has 0 spiro atoms. The standard InChI is InChI=1S/C22H29N3O3S2/c1-3-25(4-2)30(27,28)18-7-5-6-17(14-18)23-21(26)15-24-12-10-20-19(11-13-29-20)22(24)16-8-9-16/h5-7,11,13-14,16,22H,3-4,8-10,12,15H2,1-2H3,(H,23,26)/t22-/m1/s1. The molecule has 0 saturated heterocycles. The molecule has 0 unspecified atom stereocenters. The molecular weight excluding hydrogens is 418 g/mol. The zero-order chi connectivity index (χ0) is 21.3. The molecule has 1 aliphatic carbocycles. The van der Waals surface area contributed by atoms with Crippen LogP contribution in [0.2, 0.25) is 0 Å². The monoisotopic (exact) mass is 447 g/mol. The number of benzene rings is 1. The summed E-state index contributed by atoms with van der Waals surface area (Å²) in [7, 11) is -3.55. The van der Waals surface area contributed by atoms with Crippen molar-refractivity contribution in [2.75, 3.05) is 31.5 Å². The van der Waals surface area contributed by atoms with Gasteiger partial charge in [-0.1, -0.05) is 19.9 Å². The summed E-state index contributed by atoms with van der Waals surface area (Å²) in [6.07, 6.45) is 3.44. The van der Waals surface area contributed by atoms with Crippen LogP contribution in [0.25, 0.3) is 0 Å². The number of nitrogens with one attached hydrogen (secondary N) is 1. The molecule has 2 aliphatic rings. The highest BCUT2D eigenvalue weighted by atomic mass is 32.2. The van der Waals surface area contributed by atoms with Crippen molar-refractivity contribution in [3.05, 3.63) is 46.2 Å². The number of hydrogen-bond acceptors (Lipinski definition) is 5. The van der Waals surface area contributed by atoms with Crippen molar-refractivity contribution in [1.82, 2.24) is 9.21 Å². The summed E-state index contributed by atoms with van der Waals surface area (Å²) < 4.78 is 27.0. The Labute approximate surface area is 182 Å². The summed E-state index contributed by atoms with van der Waals surface area (Å²) in [6.45, 7) is 5.68. The van der Waals surface area contributed by atoms with Gasteiger partial charge in [0.1, 0.15) is 0 Å². The molecule has 2 aromatic rings. The van der Waals surface area contributed by atoms with E-state index < -0.39 is 10.0 Å². The molecule has 1 fully saturated rings. The van der Waals surface area contributed by atoms with Crippen molar-refractivity contribution in [3.63, 3.8) is 0 Å². The van der Waals surface area contributed by atoms with Crippen molar-refractivity contribution < 1.29 is 13.2 Å². The van der Waals surface area contributed by atoms with Gasteiger partial charge in [0.05, 0.1) is 11.4 Å². The number of nitrogens with zero attached hydrogens (tertiary/aromatic N) is 2. The van der Waals surface area contributed by atoms with Crippen LogP contribution < -0.4 is 5.32 Å². The largest absolute Gasteiger partial charge is 0.325 e. The first-order valence-electron chi connectivity index (χ1n) is 10.6. The van der Waals surface area contributed by atoms with Crippen molar-refractivity contribution in [1.29, 1.82) is 0 Å². The van der Waals surface area contributed by atoms with Gasteiger partial charge >= 0.3 is 0 Å². The number of sulfonamides is 1. The Kier molecular flexibility index (Phi) is 6.29. The van der Waals surface area contributed by atoms with Gasteiger partial charge in [-0.15, -0.1) is 11.3 Å². The highest BCUT2D eigenvalue weighted by molar-refractivity contribution is 7.89. The minimum absolute atomic E-state index is 0.100. The third-order valence-corrected chi connectivity index (χ3v) is 9.04. The Bertz CT molecular complexity index is 1010. The zero-order valence-corrected chi connectivity index (χ0v) is 19.1. The number of amides is 1. The van der Waals surface area contributed by atoms with Gasteiger partial charge in [0.25, 0.3) is 0 Å². The first kappa shape index (κ1) is 21.5. The van der Waals surface area contributed by atoms with E-state index in [1.165, 1.54) is 27.6 Å². The number of anilines is 1. The molecule has 1 amide bonds. The number of carbonyl (C=O) groups is 1. The average molecular weight is 448 g/mol. The quantitative estimate of drug-likeness (QED) is 0.670. The number of fused-ring (bicyclic) bond motifs is 1. The maximum Gasteiger partial charge on any atom is 0.243 e. The van der Waals surface area contributed by atoms with Crippen molar-refractivity contribution >= 4 is 33.0 Å². The highest BCUT2D eigenvalue weighted by Gasteiger charge is 2.40. The van der Waals surface area contributed by atoms with Crippen molar-refractivity contribution in [3.8, 4) is 0 Å². The van der Waals surface area contributed by atoms with Crippen LogP contribution in [0.3, 0.4) is 0 Å². The minimum atomic E-state index is -3.55. The second kappa shape index (κ2) is 8.78. The topological polar surface area (TPSA) is 69.7 Å². The maximum absolute atomic E-state index is 12.8. The molecule has 30 heavy (non-hydrogen) atoms. The number of rotatable bonds is 8. The Hall–Kier alpha value is -1.74. The molecule has 0 radical (unpaired) electrons. The normalized spacial score (nSPS) is 19.6. The van der Waals surface area contributed by atoms with Crippen LogP contribution in [0, 0.1) is 5.92 Å². The molecule has 1 aliphatic heterocycles. The fourth-order valence-electron chi connectivity index (χ4n) is 4.37. The third kappa shape index (κ3) is 4.32. The number of hydrogen-bond donors (Lipinski definition) is 1. The van der Waals surface area contributed by atoms with E-state index in [9.17, 15) is 13.2 Å². The van der Waals surface area contributed by atoms with Gasteiger partial charge in [-0.05, 0) is 60.4 Å². The first-order valence-corrected chi connectivity index (χ1v) is 13.0. The number of thiophene rings is 1. The number of carbonyl (C=O) groups excluding carboxylic acids is 1. The van der Waals surface area contributed by atoms with Crippen LogP contribution in [0.5, 0.6) is 0 Å². The Morgan fingerprint density at radius 2 is 2.00 bits per heavy atom. The van der Waals surface area contributed by atoms with Crippen molar-refractivity contribution in [2.24, 2.45) is 5.92 Å². The molecule has 1 atom stereocenters. The summed E-state index contributed by atoms with van der Waals surface area (Å²) in [5, 5.41) is 5.07. The van der Waals surface area contributed by atoms with Crippen LogP contribution in [0.4, 0.5) is 5.69 Å². The molecule has 162 valence electrons. The smallest absolute Gasteiger partial charge is 0.243 e. The van der Waals surface area contributed by atoms with Crippen LogP contribution in [-0.4, -0.2) is 49.7 Å². The van der Waals surface area contributed by atoms with Gasteiger partial charge in [0.2, 0.25) is 15.9 Å². The van der Waals surface area contributed by atoms with E-state index in [1.807, 2.05) is 25.2 Å². The molecule has 8 heteroatoms. The molecule has 4 rings (SSSR count). The second-order valence-corrected chi connectivity index (χ2v) is 10.9. The average Bonchev–Trinajstić information content (AvgIpc) is 3.44. The summed E-state index contributed by atoms with van der Waals surface area (Å²) in [6, 6.07) is 9.10. The van der Waals surface area contributed by atoms with E-state index >= 15 is 0 Å². The molecule has 1 saturated carbocycles. The zero-order valence-electron chi connectivity index (χ0n) is 17.5. The van der Waals surface area contributed by atoms with Crippen molar-refractivity contribution in [2.45, 2.75) is 44.0 Å². The molecule has 1 aromatic heterocycles. The van der Waals surface area contributed by atoms with Gasteiger partial charge in [0.15, 0.2) is 0 Å². The van der Waals surface area contributed by atoms with Gasteiger partial charge in [0, 0.05) is 36.2 Å². The molecule has 1 N–H and O–H groups in total. The molecule has 0 bridgehead atoms. The Morgan fingerprint density at radius 3 is 2.70 bits per heavy atom. The van der Waals surface area contributed by atoms with E-state index in [1.54, 1.807) is 24.3 Å². The first-order chi connectivity index (χ1) is 14.4. The molecule has 6 nitrogen and oxygen atoms in total. The molecular formula is C22H29N3O3S2. The predicted octanol–water partition coefficient (Wildman–Crippen LogP) is 3.73. The van der Waals surface area contributed by atoms with Crippen LogP contribution >= 0.6 is 11.3 Å². The maximum atomic E-state index is 12.8.